The van der Waals surface area contributed by atoms with E-state index in [0.29, 0.717) is 5.56 Å². The molecule has 0 unspecified atom stereocenters. The summed E-state index contributed by atoms with van der Waals surface area (Å²) in [5.41, 5.74) is 3.85. The van der Waals surface area contributed by atoms with Crippen LogP contribution in [0, 0.1) is 0 Å². The average molecular weight is 362 g/mol. The highest BCUT2D eigenvalue weighted by atomic mass is 16.5. The zero-order valence-electron chi connectivity index (χ0n) is 15.3. The van der Waals surface area contributed by atoms with Crippen molar-refractivity contribution in [3.63, 3.8) is 0 Å². The van der Waals surface area contributed by atoms with Crippen molar-refractivity contribution >= 4 is 22.8 Å². The normalized spacial score (nSPS) is 16.0. The van der Waals surface area contributed by atoms with Gasteiger partial charge in [-0.05, 0) is 36.5 Å². The number of rotatable bonds is 4. The molecule has 138 valence electrons. The van der Waals surface area contributed by atoms with Crippen molar-refractivity contribution in [1.29, 1.82) is 0 Å². The number of carbonyl (C=O) groups excluding carboxylic acids is 2. The Kier molecular flexibility index (Phi) is 4.67. The summed E-state index contributed by atoms with van der Waals surface area (Å²) in [7, 11) is 1.36. The Balaban J connectivity index is 1.57. The van der Waals surface area contributed by atoms with Gasteiger partial charge in [0.15, 0.2) is 0 Å². The van der Waals surface area contributed by atoms with E-state index >= 15 is 0 Å². The fraction of sp³-hybridized carbons (Fsp3) is 0.273. The molecule has 1 aromatic heterocycles. The second kappa shape index (κ2) is 7.27. The summed E-state index contributed by atoms with van der Waals surface area (Å²) in [4.78, 5) is 24.8. The fourth-order valence-electron chi connectivity index (χ4n) is 3.95. The van der Waals surface area contributed by atoms with Gasteiger partial charge < -0.3 is 14.6 Å². The Morgan fingerprint density at radius 1 is 1.15 bits per heavy atom. The molecule has 0 saturated carbocycles. The van der Waals surface area contributed by atoms with Gasteiger partial charge in [0.25, 0.3) is 0 Å². The summed E-state index contributed by atoms with van der Waals surface area (Å²) in [5.74, 6) is -0.458. The third-order valence-electron chi connectivity index (χ3n) is 5.21. The largest absolute Gasteiger partial charge is 0.465 e. The van der Waals surface area contributed by atoms with Crippen molar-refractivity contribution in [2.75, 3.05) is 7.11 Å². The zero-order chi connectivity index (χ0) is 18.8. The molecule has 1 N–H and O–H groups in total. The maximum absolute atomic E-state index is 12.7. The van der Waals surface area contributed by atoms with Gasteiger partial charge in [-0.15, -0.1) is 0 Å². The maximum atomic E-state index is 12.7. The smallest absolute Gasteiger partial charge is 0.340 e. The number of para-hydroxylation sites is 1. The summed E-state index contributed by atoms with van der Waals surface area (Å²) in [6, 6.07) is 15.9. The number of ether oxygens (including phenoxy) is 1. The van der Waals surface area contributed by atoms with E-state index in [1.807, 2.05) is 41.0 Å². The first-order valence-corrected chi connectivity index (χ1v) is 9.20. The quantitative estimate of drug-likeness (QED) is 0.721. The monoisotopic (exact) mass is 362 g/mol. The van der Waals surface area contributed by atoms with E-state index < -0.39 is 5.97 Å². The number of fused-ring (bicyclic) bond motifs is 2. The van der Waals surface area contributed by atoms with Crippen LogP contribution in [0.2, 0.25) is 0 Å². The lowest BCUT2D eigenvalue weighted by atomic mass is 9.88. The van der Waals surface area contributed by atoms with Crippen molar-refractivity contribution in [1.82, 2.24) is 9.88 Å². The number of esters is 1. The molecule has 5 heteroatoms. The van der Waals surface area contributed by atoms with Crippen molar-refractivity contribution in [3.8, 4) is 0 Å². The van der Waals surface area contributed by atoms with Crippen LogP contribution in [0.25, 0.3) is 10.9 Å². The molecular formula is C22H22N2O3. The Morgan fingerprint density at radius 3 is 2.78 bits per heavy atom. The van der Waals surface area contributed by atoms with E-state index in [1.165, 1.54) is 18.2 Å². The second-order valence-corrected chi connectivity index (χ2v) is 6.89. The van der Waals surface area contributed by atoms with Gasteiger partial charge >= 0.3 is 5.97 Å². The van der Waals surface area contributed by atoms with Crippen LogP contribution in [-0.4, -0.2) is 23.6 Å². The molecule has 2 aromatic carbocycles. The number of nitrogens with zero attached hydrogens (tertiary/aromatic N) is 1. The van der Waals surface area contributed by atoms with Gasteiger partial charge in [-0.25, -0.2) is 4.79 Å². The lowest BCUT2D eigenvalue weighted by Gasteiger charge is -2.26. The molecule has 1 heterocycles. The Bertz CT molecular complexity index is 1010. The summed E-state index contributed by atoms with van der Waals surface area (Å²) >= 11 is 0. The van der Waals surface area contributed by atoms with Gasteiger partial charge in [0.2, 0.25) is 5.91 Å². The van der Waals surface area contributed by atoms with E-state index in [0.717, 1.165) is 30.2 Å². The van der Waals surface area contributed by atoms with Crippen LogP contribution in [0.15, 0.2) is 54.7 Å². The predicted octanol–water partition coefficient (Wildman–Crippen LogP) is 3.62. The summed E-state index contributed by atoms with van der Waals surface area (Å²) in [6.07, 6.45) is 4.78. The first-order valence-electron chi connectivity index (χ1n) is 9.20. The van der Waals surface area contributed by atoms with Crippen LogP contribution in [0.5, 0.6) is 0 Å². The Labute approximate surface area is 157 Å². The number of methoxy groups -OCH3 is 1. The number of amides is 1. The van der Waals surface area contributed by atoms with E-state index in [1.54, 1.807) is 6.20 Å². The minimum atomic E-state index is -0.397. The number of aromatic nitrogens is 1. The molecule has 0 spiro atoms. The first-order chi connectivity index (χ1) is 13.2. The zero-order valence-corrected chi connectivity index (χ0v) is 15.3. The minimum absolute atomic E-state index is 0.0457. The van der Waals surface area contributed by atoms with Crippen LogP contribution in [0.3, 0.4) is 0 Å². The molecule has 0 fully saturated rings. The van der Waals surface area contributed by atoms with Crippen LogP contribution in [0.1, 0.15) is 40.4 Å². The van der Waals surface area contributed by atoms with Crippen LogP contribution in [0.4, 0.5) is 0 Å². The van der Waals surface area contributed by atoms with E-state index in [2.05, 4.69) is 17.4 Å². The molecule has 1 atom stereocenters. The molecule has 0 aliphatic heterocycles. The number of benzene rings is 2. The van der Waals surface area contributed by atoms with Gasteiger partial charge in [0.1, 0.15) is 6.54 Å². The lowest BCUT2D eigenvalue weighted by Crippen LogP contribution is -2.33. The van der Waals surface area contributed by atoms with E-state index in [4.69, 9.17) is 4.74 Å². The second-order valence-electron chi connectivity index (χ2n) is 6.89. The molecule has 27 heavy (non-hydrogen) atoms. The molecule has 0 radical (unpaired) electrons. The number of nitrogens with one attached hydrogen (secondary N) is 1. The average Bonchev–Trinajstić information content (AvgIpc) is 3.06. The third kappa shape index (κ3) is 3.33. The summed E-state index contributed by atoms with van der Waals surface area (Å²) in [5, 5.41) is 3.96. The molecule has 1 amide bonds. The minimum Gasteiger partial charge on any atom is -0.465 e. The Hall–Kier alpha value is -3.08. The highest BCUT2D eigenvalue weighted by Gasteiger charge is 2.22. The number of aryl methyl sites for hydroxylation is 1. The number of carbonyl (C=O) groups is 2. The van der Waals surface area contributed by atoms with Gasteiger partial charge in [-0.2, -0.15) is 0 Å². The summed E-state index contributed by atoms with van der Waals surface area (Å²) in [6.45, 7) is 0.163. The van der Waals surface area contributed by atoms with E-state index in [-0.39, 0.29) is 18.5 Å². The molecule has 0 bridgehead atoms. The first kappa shape index (κ1) is 17.3. The highest BCUT2D eigenvalue weighted by Crippen LogP contribution is 2.29. The molecule has 5 nitrogen and oxygen atoms in total. The maximum Gasteiger partial charge on any atom is 0.340 e. The van der Waals surface area contributed by atoms with Crippen LogP contribution in [-0.2, 0) is 22.5 Å². The van der Waals surface area contributed by atoms with Crippen LogP contribution < -0.4 is 5.32 Å². The van der Waals surface area contributed by atoms with Crippen LogP contribution >= 0.6 is 0 Å². The lowest BCUT2D eigenvalue weighted by molar-refractivity contribution is -0.122. The Morgan fingerprint density at radius 2 is 1.93 bits per heavy atom. The van der Waals surface area contributed by atoms with Gasteiger partial charge in [0, 0.05) is 17.1 Å². The van der Waals surface area contributed by atoms with E-state index in [9.17, 15) is 9.59 Å². The fourth-order valence-corrected chi connectivity index (χ4v) is 3.95. The predicted molar refractivity (Wildman–Crippen MR) is 104 cm³/mol. The molecule has 1 aliphatic carbocycles. The SMILES string of the molecule is COC(=O)c1cn(CC(=O)N[C@H]2CCCc3ccccc32)c2ccccc12. The molecular weight excluding hydrogens is 340 g/mol. The topological polar surface area (TPSA) is 60.3 Å². The molecule has 0 saturated heterocycles. The summed E-state index contributed by atoms with van der Waals surface area (Å²) < 4.78 is 6.68. The van der Waals surface area contributed by atoms with Crippen molar-refractivity contribution in [2.45, 2.75) is 31.8 Å². The number of hydrogen-bond donors (Lipinski definition) is 1. The van der Waals surface area contributed by atoms with Crippen molar-refractivity contribution in [3.05, 3.63) is 71.4 Å². The highest BCUT2D eigenvalue weighted by molar-refractivity contribution is 6.04. The van der Waals surface area contributed by atoms with Crippen molar-refractivity contribution < 1.29 is 14.3 Å². The van der Waals surface area contributed by atoms with Gasteiger partial charge in [-0.1, -0.05) is 42.5 Å². The molecule has 3 aromatic rings. The third-order valence-corrected chi connectivity index (χ3v) is 5.21. The molecule has 1 aliphatic rings. The standard InChI is InChI=1S/C22H22N2O3/c1-27-22(26)18-13-24(20-12-5-4-10-17(18)20)14-21(25)23-19-11-6-8-15-7-2-3-9-16(15)19/h2-5,7,9-10,12-13,19H,6,8,11,14H2,1H3,(H,23,25)/t19-/m0/s1. The van der Waals surface area contributed by atoms with Gasteiger partial charge in [0.05, 0.1) is 18.7 Å². The number of hydrogen-bond acceptors (Lipinski definition) is 3. The van der Waals surface area contributed by atoms with Gasteiger partial charge in [-0.3, -0.25) is 4.79 Å². The molecule has 4 rings (SSSR count). The van der Waals surface area contributed by atoms with Crippen molar-refractivity contribution in [2.24, 2.45) is 0 Å².